The van der Waals surface area contributed by atoms with Gasteiger partial charge in [-0.15, -0.1) is 0 Å². The number of carbonyl (C=O) groups excluding carboxylic acids is 2. The number of nitrogens with one attached hydrogen (secondary N) is 1. The molecule has 3 aliphatic rings. The van der Waals surface area contributed by atoms with Crippen LogP contribution in [0.1, 0.15) is 69.5 Å². The fourth-order valence-electron chi connectivity index (χ4n) is 7.20. The summed E-state index contributed by atoms with van der Waals surface area (Å²) >= 11 is 0. The summed E-state index contributed by atoms with van der Waals surface area (Å²) in [4.78, 5) is 33.1. The lowest BCUT2D eigenvalue weighted by molar-refractivity contribution is -0.123. The topological polar surface area (TPSA) is 62.4 Å². The molecule has 35 heavy (non-hydrogen) atoms. The average Bonchev–Trinajstić information content (AvgIpc) is 3.39. The van der Waals surface area contributed by atoms with E-state index in [1.165, 1.54) is 22.3 Å². The Hall–Kier alpha value is -3.08. The molecule has 5 atom stereocenters. The van der Waals surface area contributed by atoms with Crippen LogP contribution in [-0.4, -0.2) is 23.9 Å². The number of H-pyrrole nitrogens is 1. The van der Waals surface area contributed by atoms with Crippen molar-refractivity contribution in [1.82, 2.24) is 4.98 Å². The van der Waals surface area contributed by atoms with E-state index in [0.717, 1.165) is 30.5 Å². The van der Waals surface area contributed by atoms with Crippen molar-refractivity contribution >= 4 is 28.4 Å². The molecular weight excluding hydrogens is 436 g/mol. The Morgan fingerprint density at radius 1 is 1.03 bits per heavy atom. The molecule has 0 spiro atoms. The normalized spacial score (nSPS) is 28.1. The minimum atomic E-state index is -0.447. The van der Waals surface area contributed by atoms with Gasteiger partial charge in [-0.2, -0.15) is 0 Å². The Balaban J connectivity index is 1.49. The summed E-state index contributed by atoms with van der Waals surface area (Å²) in [7, 11) is 1.62. The Labute approximate surface area is 206 Å². The van der Waals surface area contributed by atoms with E-state index in [4.69, 9.17) is 4.74 Å². The number of anilines is 1. The van der Waals surface area contributed by atoms with Gasteiger partial charge in [0.15, 0.2) is 0 Å². The lowest BCUT2D eigenvalue weighted by Crippen LogP contribution is -2.42. The molecule has 2 aromatic carbocycles. The van der Waals surface area contributed by atoms with Crippen LogP contribution in [0.5, 0.6) is 5.75 Å². The molecule has 5 heteroatoms. The minimum absolute atomic E-state index is 0.0422. The van der Waals surface area contributed by atoms with E-state index >= 15 is 0 Å². The summed E-state index contributed by atoms with van der Waals surface area (Å²) in [5.41, 5.74) is 4.18. The van der Waals surface area contributed by atoms with Crippen molar-refractivity contribution in [3.05, 3.63) is 59.8 Å². The van der Waals surface area contributed by atoms with Gasteiger partial charge in [0.25, 0.3) is 0 Å². The van der Waals surface area contributed by atoms with E-state index in [-0.39, 0.29) is 29.1 Å². The smallest absolute Gasteiger partial charge is 0.243 e. The summed E-state index contributed by atoms with van der Waals surface area (Å²) in [6.45, 7) is 6.99. The van der Waals surface area contributed by atoms with Crippen molar-refractivity contribution in [2.45, 2.75) is 58.3 Å². The number of imide groups is 1. The van der Waals surface area contributed by atoms with Crippen LogP contribution in [-0.2, 0) is 9.59 Å². The second-order valence-electron chi connectivity index (χ2n) is 11.3. The average molecular weight is 471 g/mol. The zero-order valence-corrected chi connectivity index (χ0v) is 21.0. The summed E-state index contributed by atoms with van der Waals surface area (Å²) in [5, 5.41) is 1.22. The van der Waals surface area contributed by atoms with Crippen molar-refractivity contribution in [2.75, 3.05) is 12.0 Å². The third-order valence-corrected chi connectivity index (χ3v) is 9.52. The van der Waals surface area contributed by atoms with Crippen molar-refractivity contribution < 1.29 is 14.3 Å². The van der Waals surface area contributed by atoms with Crippen LogP contribution in [0, 0.1) is 23.2 Å². The number of ether oxygens (including phenoxy) is 1. The van der Waals surface area contributed by atoms with E-state index in [1.54, 1.807) is 7.11 Å². The number of aromatic amines is 1. The van der Waals surface area contributed by atoms with Crippen LogP contribution in [0.25, 0.3) is 10.9 Å². The summed E-state index contributed by atoms with van der Waals surface area (Å²) < 4.78 is 5.29. The standard InChI is InChI=1S/C30H34N2O3/c1-5-30(2,3)17-10-15-20-22(16-17)25-26(27-24(20)21-8-6-7-9-23(21)31-27)29(34)32(28(25)33)18-11-13-19(35-4)14-12-18/h6-9,11-14,17,20,22,25-26,31H,5,10,15-16H2,1-4H3. The Bertz CT molecular complexity index is 1300. The highest BCUT2D eigenvalue weighted by atomic mass is 16.5. The maximum absolute atomic E-state index is 14.1. The molecule has 0 radical (unpaired) electrons. The Kier molecular flexibility index (Phi) is 5.10. The van der Waals surface area contributed by atoms with Crippen molar-refractivity contribution in [3.63, 3.8) is 0 Å². The third-order valence-electron chi connectivity index (χ3n) is 9.52. The van der Waals surface area contributed by atoms with Gasteiger partial charge in [-0.25, -0.2) is 4.90 Å². The van der Waals surface area contributed by atoms with E-state index in [9.17, 15) is 9.59 Å². The first-order valence-corrected chi connectivity index (χ1v) is 13.0. The minimum Gasteiger partial charge on any atom is -0.497 e. The van der Waals surface area contributed by atoms with Gasteiger partial charge in [0.1, 0.15) is 5.75 Å². The molecule has 2 fully saturated rings. The molecule has 6 rings (SSSR count). The Morgan fingerprint density at radius 2 is 1.77 bits per heavy atom. The maximum Gasteiger partial charge on any atom is 0.243 e. The van der Waals surface area contributed by atoms with Gasteiger partial charge in [0.05, 0.1) is 24.6 Å². The number of hydrogen-bond acceptors (Lipinski definition) is 3. The number of fused-ring (bicyclic) bond motifs is 8. The van der Waals surface area contributed by atoms with E-state index in [0.29, 0.717) is 23.3 Å². The second kappa shape index (κ2) is 7.97. The van der Waals surface area contributed by atoms with Crippen LogP contribution in [0.4, 0.5) is 5.69 Å². The zero-order chi connectivity index (χ0) is 24.5. The molecule has 5 nitrogen and oxygen atoms in total. The molecular formula is C30H34N2O3. The van der Waals surface area contributed by atoms with Crippen molar-refractivity contribution in [3.8, 4) is 5.75 Å². The molecule has 1 aliphatic heterocycles. The number of nitrogens with zero attached hydrogens (tertiary/aromatic N) is 1. The number of aromatic nitrogens is 1. The molecule has 5 unspecified atom stereocenters. The van der Waals surface area contributed by atoms with Crippen LogP contribution in [0.2, 0.25) is 0 Å². The molecule has 1 N–H and O–H groups in total. The highest BCUT2D eigenvalue weighted by molar-refractivity contribution is 6.24. The first kappa shape index (κ1) is 22.4. The second-order valence-corrected chi connectivity index (χ2v) is 11.3. The lowest BCUT2D eigenvalue weighted by Gasteiger charge is -2.47. The summed E-state index contributed by atoms with van der Waals surface area (Å²) in [6, 6.07) is 15.6. The quantitative estimate of drug-likeness (QED) is 0.449. The molecule has 1 aromatic heterocycles. The van der Waals surface area contributed by atoms with Crippen LogP contribution in [0.3, 0.4) is 0 Å². The molecule has 2 amide bonds. The first-order chi connectivity index (χ1) is 16.9. The monoisotopic (exact) mass is 470 g/mol. The number of hydrogen-bond donors (Lipinski definition) is 1. The predicted molar refractivity (Wildman–Crippen MR) is 138 cm³/mol. The maximum atomic E-state index is 14.1. The number of carbonyl (C=O) groups is 2. The number of benzene rings is 2. The highest BCUT2D eigenvalue weighted by Gasteiger charge is 2.59. The molecule has 1 saturated carbocycles. The predicted octanol–water partition coefficient (Wildman–Crippen LogP) is 6.40. The summed E-state index contributed by atoms with van der Waals surface area (Å²) in [6.07, 6.45) is 4.36. The van der Waals surface area contributed by atoms with Crippen LogP contribution >= 0.6 is 0 Å². The number of amides is 2. The molecule has 2 aliphatic carbocycles. The van der Waals surface area contributed by atoms with Crippen LogP contribution < -0.4 is 9.64 Å². The van der Waals surface area contributed by atoms with Gasteiger partial charge in [-0.3, -0.25) is 9.59 Å². The van der Waals surface area contributed by atoms with Crippen molar-refractivity contribution in [1.29, 1.82) is 0 Å². The van der Waals surface area contributed by atoms with E-state index in [2.05, 4.69) is 44.0 Å². The van der Waals surface area contributed by atoms with Gasteiger partial charge in [0, 0.05) is 16.6 Å². The fraction of sp³-hybridized carbons (Fsp3) is 0.467. The first-order valence-electron chi connectivity index (χ1n) is 13.0. The molecule has 0 bridgehead atoms. The van der Waals surface area contributed by atoms with Gasteiger partial charge in [-0.05, 0) is 78.3 Å². The molecule has 182 valence electrons. The number of para-hydroxylation sites is 1. The van der Waals surface area contributed by atoms with Gasteiger partial charge >= 0.3 is 0 Å². The fourth-order valence-corrected chi connectivity index (χ4v) is 7.20. The number of methoxy groups -OCH3 is 1. The molecule has 3 aromatic rings. The van der Waals surface area contributed by atoms with E-state index < -0.39 is 5.92 Å². The van der Waals surface area contributed by atoms with Crippen LogP contribution in [0.15, 0.2) is 48.5 Å². The van der Waals surface area contributed by atoms with Gasteiger partial charge in [-0.1, -0.05) is 45.4 Å². The van der Waals surface area contributed by atoms with Crippen molar-refractivity contribution in [2.24, 2.45) is 23.2 Å². The SMILES string of the molecule is CCC(C)(C)C1CCC2c3c([nH]c4ccccc34)C3C(=O)N(c4ccc(OC)cc4)C(=O)C3C2C1. The third kappa shape index (κ3) is 3.20. The zero-order valence-electron chi connectivity index (χ0n) is 21.0. The molecule has 2 heterocycles. The summed E-state index contributed by atoms with van der Waals surface area (Å²) in [5.74, 6) is 0.837. The molecule has 1 saturated heterocycles. The lowest BCUT2D eigenvalue weighted by atomic mass is 9.55. The largest absolute Gasteiger partial charge is 0.497 e. The number of rotatable bonds is 4. The Morgan fingerprint density at radius 3 is 2.49 bits per heavy atom. The van der Waals surface area contributed by atoms with E-state index in [1.807, 2.05) is 30.3 Å². The van der Waals surface area contributed by atoms with Gasteiger partial charge in [0.2, 0.25) is 11.8 Å². The van der Waals surface area contributed by atoms with Gasteiger partial charge < -0.3 is 9.72 Å². The highest BCUT2D eigenvalue weighted by Crippen LogP contribution is 2.60.